The van der Waals surface area contributed by atoms with Crippen LogP contribution in [0.3, 0.4) is 0 Å². The monoisotopic (exact) mass is 239 g/mol. The Morgan fingerprint density at radius 2 is 2.19 bits per heavy atom. The van der Waals surface area contributed by atoms with Gasteiger partial charge in [0.25, 0.3) is 0 Å². The molecule has 1 aromatic carbocycles. The SMILES string of the molecule is CNn1c(=O)n2c3c(cccc31)CCC2.Cl. The van der Waals surface area contributed by atoms with E-state index in [9.17, 15) is 4.79 Å². The van der Waals surface area contributed by atoms with Crippen LogP contribution in [-0.4, -0.2) is 16.3 Å². The fourth-order valence-corrected chi connectivity index (χ4v) is 2.44. The maximum Gasteiger partial charge on any atom is 0.347 e. The summed E-state index contributed by atoms with van der Waals surface area (Å²) in [4.78, 5) is 12.0. The number of hydrogen-bond acceptors (Lipinski definition) is 2. The zero-order chi connectivity index (χ0) is 10.4. The molecule has 0 radical (unpaired) electrons. The predicted octanol–water partition coefficient (Wildman–Crippen LogP) is 1.34. The van der Waals surface area contributed by atoms with E-state index in [-0.39, 0.29) is 18.1 Å². The molecular formula is C11H14ClN3O. The molecule has 1 aliphatic rings. The van der Waals surface area contributed by atoms with Gasteiger partial charge in [-0.3, -0.25) is 4.57 Å². The van der Waals surface area contributed by atoms with E-state index in [1.807, 2.05) is 16.7 Å². The Balaban J connectivity index is 0.000000963. The van der Waals surface area contributed by atoms with Crippen molar-refractivity contribution in [2.45, 2.75) is 19.4 Å². The number of aromatic nitrogens is 2. The molecule has 0 saturated carbocycles. The first kappa shape index (κ1) is 11.1. The van der Waals surface area contributed by atoms with Crippen molar-refractivity contribution in [3.05, 3.63) is 34.2 Å². The lowest BCUT2D eigenvalue weighted by Gasteiger charge is -2.12. The normalized spacial score (nSPS) is 13.6. The van der Waals surface area contributed by atoms with E-state index in [0.29, 0.717) is 0 Å². The van der Waals surface area contributed by atoms with Crippen molar-refractivity contribution in [1.29, 1.82) is 0 Å². The second kappa shape index (κ2) is 3.87. The first-order valence-electron chi connectivity index (χ1n) is 5.24. The summed E-state index contributed by atoms with van der Waals surface area (Å²) in [6, 6.07) is 6.11. The van der Waals surface area contributed by atoms with Crippen molar-refractivity contribution >= 4 is 23.4 Å². The molecule has 0 fully saturated rings. The van der Waals surface area contributed by atoms with E-state index in [1.165, 1.54) is 5.56 Å². The van der Waals surface area contributed by atoms with Crippen LogP contribution in [-0.2, 0) is 13.0 Å². The second-order valence-corrected chi connectivity index (χ2v) is 3.88. The Bertz CT molecular complexity index is 585. The Kier molecular flexibility index (Phi) is 2.68. The van der Waals surface area contributed by atoms with Crippen LogP contribution in [0, 0.1) is 0 Å². The molecule has 1 aliphatic heterocycles. The van der Waals surface area contributed by atoms with Gasteiger partial charge in [0.05, 0.1) is 11.0 Å². The number of hydrogen-bond donors (Lipinski definition) is 1. The van der Waals surface area contributed by atoms with Crippen LogP contribution in [0.2, 0.25) is 0 Å². The first-order valence-corrected chi connectivity index (χ1v) is 5.24. The number of rotatable bonds is 1. The van der Waals surface area contributed by atoms with Gasteiger partial charge in [-0.15, -0.1) is 12.4 Å². The number of nitrogens with zero attached hydrogens (tertiary/aromatic N) is 2. The number of aryl methyl sites for hydroxylation is 2. The molecular weight excluding hydrogens is 226 g/mol. The lowest BCUT2D eigenvalue weighted by molar-refractivity contribution is 0.604. The van der Waals surface area contributed by atoms with Gasteiger partial charge in [-0.05, 0) is 24.5 Å². The van der Waals surface area contributed by atoms with Crippen LogP contribution in [0.15, 0.2) is 23.0 Å². The van der Waals surface area contributed by atoms with Crippen LogP contribution in [0.5, 0.6) is 0 Å². The van der Waals surface area contributed by atoms with Crippen molar-refractivity contribution in [2.75, 3.05) is 12.5 Å². The third-order valence-corrected chi connectivity index (χ3v) is 3.08. The highest BCUT2D eigenvalue weighted by molar-refractivity contribution is 5.85. The smallest absolute Gasteiger partial charge is 0.324 e. The summed E-state index contributed by atoms with van der Waals surface area (Å²) < 4.78 is 3.48. The number of para-hydroxylation sites is 1. The number of halogens is 1. The van der Waals surface area contributed by atoms with Crippen molar-refractivity contribution in [1.82, 2.24) is 9.24 Å². The molecule has 16 heavy (non-hydrogen) atoms. The van der Waals surface area contributed by atoms with E-state index in [0.717, 1.165) is 30.4 Å². The van der Waals surface area contributed by atoms with Crippen LogP contribution in [0.1, 0.15) is 12.0 Å². The Hall–Kier alpha value is -1.42. The molecule has 1 N–H and O–H groups in total. The molecule has 0 bridgehead atoms. The highest BCUT2D eigenvalue weighted by Crippen LogP contribution is 2.22. The predicted molar refractivity (Wildman–Crippen MR) is 67.1 cm³/mol. The average molecular weight is 240 g/mol. The molecule has 0 atom stereocenters. The van der Waals surface area contributed by atoms with Crippen molar-refractivity contribution in [3.8, 4) is 0 Å². The van der Waals surface area contributed by atoms with Gasteiger partial charge >= 0.3 is 5.69 Å². The third-order valence-electron chi connectivity index (χ3n) is 3.08. The fourth-order valence-electron chi connectivity index (χ4n) is 2.44. The lowest BCUT2D eigenvalue weighted by Crippen LogP contribution is -2.29. The molecule has 0 saturated heterocycles. The summed E-state index contributed by atoms with van der Waals surface area (Å²) >= 11 is 0. The summed E-state index contributed by atoms with van der Waals surface area (Å²) in [5.41, 5.74) is 6.34. The maximum absolute atomic E-state index is 12.0. The topological polar surface area (TPSA) is 39.0 Å². The van der Waals surface area contributed by atoms with Gasteiger partial charge in [0.2, 0.25) is 0 Å². The molecule has 0 spiro atoms. The van der Waals surface area contributed by atoms with Crippen molar-refractivity contribution in [2.24, 2.45) is 0 Å². The first-order chi connectivity index (χ1) is 7.33. The minimum atomic E-state index is 0. The molecule has 5 heteroatoms. The van der Waals surface area contributed by atoms with E-state index < -0.39 is 0 Å². The zero-order valence-electron chi connectivity index (χ0n) is 9.06. The fraction of sp³-hybridized carbons (Fsp3) is 0.364. The van der Waals surface area contributed by atoms with E-state index in [2.05, 4.69) is 11.5 Å². The molecule has 1 aromatic heterocycles. The zero-order valence-corrected chi connectivity index (χ0v) is 9.88. The average Bonchev–Trinajstić information content (AvgIpc) is 2.55. The number of benzene rings is 1. The van der Waals surface area contributed by atoms with Gasteiger partial charge in [0.1, 0.15) is 0 Å². The van der Waals surface area contributed by atoms with Gasteiger partial charge < -0.3 is 5.43 Å². The number of imidazole rings is 1. The highest BCUT2D eigenvalue weighted by Gasteiger charge is 2.18. The Labute approximate surface area is 99.3 Å². The summed E-state index contributed by atoms with van der Waals surface area (Å²) in [6.07, 6.45) is 2.13. The lowest BCUT2D eigenvalue weighted by atomic mass is 10.1. The quantitative estimate of drug-likeness (QED) is 0.816. The van der Waals surface area contributed by atoms with Gasteiger partial charge in [-0.1, -0.05) is 12.1 Å². The molecule has 2 aromatic rings. The largest absolute Gasteiger partial charge is 0.347 e. The van der Waals surface area contributed by atoms with Crippen molar-refractivity contribution in [3.63, 3.8) is 0 Å². The minimum Gasteiger partial charge on any atom is -0.324 e. The molecule has 3 rings (SSSR count). The Morgan fingerprint density at radius 3 is 2.94 bits per heavy atom. The summed E-state index contributed by atoms with van der Waals surface area (Å²) in [5.74, 6) is 0. The van der Waals surface area contributed by atoms with E-state index in [1.54, 1.807) is 11.7 Å². The van der Waals surface area contributed by atoms with Crippen LogP contribution >= 0.6 is 12.4 Å². The van der Waals surface area contributed by atoms with E-state index >= 15 is 0 Å². The molecule has 2 heterocycles. The van der Waals surface area contributed by atoms with Gasteiger partial charge in [-0.2, -0.15) is 0 Å². The summed E-state index contributed by atoms with van der Waals surface area (Å²) in [6.45, 7) is 0.834. The minimum absolute atomic E-state index is 0. The third kappa shape index (κ3) is 1.26. The molecule has 0 amide bonds. The second-order valence-electron chi connectivity index (χ2n) is 3.88. The standard InChI is InChI=1S/C11H13N3O.ClH/c1-12-14-9-6-2-4-8-5-3-7-13(10(8)9)11(14)15;/h2,4,6,12H,3,5,7H2,1H3;1H. The Morgan fingerprint density at radius 1 is 1.38 bits per heavy atom. The number of nitrogens with one attached hydrogen (secondary N) is 1. The van der Waals surface area contributed by atoms with Crippen molar-refractivity contribution < 1.29 is 0 Å². The summed E-state index contributed by atoms with van der Waals surface area (Å²) in [5, 5.41) is 0. The molecule has 4 nitrogen and oxygen atoms in total. The van der Waals surface area contributed by atoms with Gasteiger partial charge in [0, 0.05) is 13.6 Å². The van der Waals surface area contributed by atoms with Crippen LogP contribution in [0.25, 0.3) is 11.0 Å². The van der Waals surface area contributed by atoms with Crippen LogP contribution in [0.4, 0.5) is 0 Å². The maximum atomic E-state index is 12.0. The van der Waals surface area contributed by atoms with Crippen LogP contribution < -0.4 is 11.1 Å². The molecule has 0 aliphatic carbocycles. The van der Waals surface area contributed by atoms with E-state index in [4.69, 9.17) is 0 Å². The molecule has 86 valence electrons. The summed E-state index contributed by atoms with van der Waals surface area (Å²) in [7, 11) is 1.77. The highest BCUT2D eigenvalue weighted by atomic mass is 35.5. The van der Waals surface area contributed by atoms with Gasteiger partial charge in [0.15, 0.2) is 0 Å². The molecule has 0 unspecified atom stereocenters. The van der Waals surface area contributed by atoms with Gasteiger partial charge in [-0.25, -0.2) is 9.47 Å².